The van der Waals surface area contributed by atoms with Crippen LogP contribution >= 0.6 is 0 Å². The van der Waals surface area contributed by atoms with E-state index in [1.54, 1.807) is 24.3 Å². The molecule has 0 saturated carbocycles. The number of amides is 3. The molecule has 0 unspecified atom stereocenters. The minimum Gasteiger partial charge on any atom is -0.456 e. The predicted octanol–water partition coefficient (Wildman–Crippen LogP) is 1.40. The van der Waals surface area contributed by atoms with E-state index >= 15 is 0 Å². The second kappa shape index (κ2) is 9.56. The Morgan fingerprint density at radius 1 is 1.22 bits per heavy atom. The number of para-hydroxylation sites is 2. The highest BCUT2D eigenvalue weighted by Gasteiger charge is 2.13. The van der Waals surface area contributed by atoms with E-state index in [-0.39, 0.29) is 13.0 Å². The van der Waals surface area contributed by atoms with Gasteiger partial charge >= 0.3 is 17.8 Å². The van der Waals surface area contributed by atoms with Crippen LogP contribution in [0.2, 0.25) is 0 Å². The van der Waals surface area contributed by atoms with E-state index in [9.17, 15) is 19.2 Å². The molecule has 2 N–H and O–H groups in total. The van der Waals surface area contributed by atoms with Gasteiger partial charge < -0.3 is 14.5 Å². The van der Waals surface area contributed by atoms with Crippen molar-refractivity contribution in [3.05, 3.63) is 34.8 Å². The molecule has 146 valence electrons. The monoisotopic (exact) mass is 377 g/mol. The van der Waals surface area contributed by atoms with E-state index in [0.717, 1.165) is 6.42 Å². The number of esters is 1. The predicted molar refractivity (Wildman–Crippen MR) is 97.0 cm³/mol. The highest BCUT2D eigenvalue weighted by molar-refractivity contribution is 5.95. The minimum atomic E-state index is -0.726. The largest absolute Gasteiger partial charge is 0.456 e. The summed E-state index contributed by atoms with van der Waals surface area (Å²) in [6, 6.07) is 6.22. The quantitative estimate of drug-likeness (QED) is 0.671. The van der Waals surface area contributed by atoms with E-state index in [4.69, 9.17) is 9.15 Å². The van der Waals surface area contributed by atoms with Crippen molar-refractivity contribution in [3.63, 3.8) is 0 Å². The first-order valence-electron chi connectivity index (χ1n) is 8.68. The average Bonchev–Trinajstić information content (AvgIpc) is 2.93. The van der Waals surface area contributed by atoms with Crippen LogP contribution in [0.3, 0.4) is 0 Å². The van der Waals surface area contributed by atoms with Gasteiger partial charge in [-0.3, -0.25) is 19.5 Å². The molecule has 0 radical (unpaired) electrons. The molecule has 9 nitrogen and oxygen atoms in total. The van der Waals surface area contributed by atoms with Crippen molar-refractivity contribution in [2.24, 2.45) is 5.92 Å². The van der Waals surface area contributed by atoms with E-state index in [2.05, 4.69) is 10.6 Å². The van der Waals surface area contributed by atoms with Gasteiger partial charge in [-0.25, -0.2) is 9.59 Å². The van der Waals surface area contributed by atoms with Crippen LogP contribution < -0.4 is 16.4 Å². The Morgan fingerprint density at radius 3 is 2.70 bits per heavy atom. The number of aryl methyl sites for hydroxylation is 1. The van der Waals surface area contributed by atoms with Crippen molar-refractivity contribution in [2.75, 3.05) is 13.2 Å². The van der Waals surface area contributed by atoms with Crippen molar-refractivity contribution >= 4 is 29.0 Å². The summed E-state index contributed by atoms with van der Waals surface area (Å²) in [7, 11) is 0. The molecule has 1 aromatic heterocycles. The molecule has 1 aromatic carbocycles. The highest BCUT2D eigenvalue weighted by atomic mass is 16.5. The van der Waals surface area contributed by atoms with Crippen LogP contribution in [-0.2, 0) is 20.9 Å². The lowest BCUT2D eigenvalue weighted by Crippen LogP contribution is -2.42. The highest BCUT2D eigenvalue weighted by Crippen LogP contribution is 2.12. The fourth-order valence-corrected chi connectivity index (χ4v) is 2.33. The summed E-state index contributed by atoms with van der Waals surface area (Å²) in [6.07, 6.45) is 0.677. The molecule has 0 spiro atoms. The SMILES string of the molecule is CC(C)CCNC(=O)NC(=O)COC(=O)CCn1c(=O)oc2ccccc21. The second-order valence-electron chi connectivity index (χ2n) is 6.38. The normalized spacial score (nSPS) is 10.8. The molecule has 3 amide bonds. The minimum absolute atomic E-state index is 0.0615. The number of benzene rings is 1. The first-order valence-corrected chi connectivity index (χ1v) is 8.68. The zero-order valence-corrected chi connectivity index (χ0v) is 15.3. The summed E-state index contributed by atoms with van der Waals surface area (Å²) in [4.78, 5) is 46.7. The van der Waals surface area contributed by atoms with Crippen LogP contribution in [0.4, 0.5) is 4.79 Å². The summed E-state index contributed by atoms with van der Waals surface area (Å²) < 4.78 is 11.2. The number of fused-ring (bicyclic) bond motifs is 1. The standard InChI is InChI=1S/C18H23N3O6/c1-12(2)7-9-19-17(24)20-15(22)11-26-16(23)8-10-21-13-5-3-4-6-14(13)27-18(21)25/h3-6,12H,7-11H2,1-2H3,(H2,19,20,22,24). The number of rotatable bonds is 8. The Labute approximate surface area is 155 Å². The van der Waals surface area contributed by atoms with E-state index in [1.165, 1.54) is 4.57 Å². The van der Waals surface area contributed by atoms with Gasteiger partial charge in [0.25, 0.3) is 5.91 Å². The van der Waals surface area contributed by atoms with Crippen LogP contribution in [0, 0.1) is 5.92 Å². The first-order chi connectivity index (χ1) is 12.9. The Morgan fingerprint density at radius 2 is 1.96 bits per heavy atom. The summed E-state index contributed by atoms with van der Waals surface area (Å²) in [6.45, 7) is 3.97. The summed E-state index contributed by atoms with van der Waals surface area (Å²) >= 11 is 0. The number of carbonyl (C=O) groups is 3. The molecule has 0 atom stereocenters. The van der Waals surface area contributed by atoms with E-state index < -0.39 is 30.3 Å². The third kappa shape index (κ3) is 6.28. The van der Waals surface area contributed by atoms with Gasteiger partial charge in [0.1, 0.15) is 0 Å². The third-order valence-electron chi connectivity index (χ3n) is 3.74. The van der Waals surface area contributed by atoms with Gasteiger partial charge in [-0.15, -0.1) is 0 Å². The topological polar surface area (TPSA) is 120 Å². The zero-order valence-electron chi connectivity index (χ0n) is 15.3. The lowest BCUT2D eigenvalue weighted by molar-refractivity contribution is -0.148. The van der Waals surface area contributed by atoms with Gasteiger partial charge in [-0.1, -0.05) is 26.0 Å². The molecule has 2 aromatic rings. The Bertz CT molecular complexity index is 867. The van der Waals surface area contributed by atoms with Gasteiger partial charge in [0.05, 0.1) is 11.9 Å². The molecule has 0 fully saturated rings. The molecule has 0 aliphatic carbocycles. The molecule has 9 heteroatoms. The van der Waals surface area contributed by atoms with E-state index in [1.807, 2.05) is 13.8 Å². The number of ether oxygens (including phenoxy) is 1. The average molecular weight is 377 g/mol. The van der Waals surface area contributed by atoms with Gasteiger partial charge in [0.15, 0.2) is 12.2 Å². The maximum atomic E-state index is 11.8. The number of nitrogens with one attached hydrogen (secondary N) is 2. The molecule has 0 aliphatic rings. The summed E-state index contributed by atoms with van der Waals surface area (Å²) in [5.74, 6) is -1.53. The number of imide groups is 1. The number of aromatic nitrogens is 1. The van der Waals surface area contributed by atoms with Crippen molar-refractivity contribution in [1.29, 1.82) is 0 Å². The van der Waals surface area contributed by atoms with Crippen molar-refractivity contribution < 1.29 is 23.5 Å². The van der Waals surface area contributed by atoms with Crippen LogP contribution in [0.5, 0.6) is 0 Å². The van der Waals surface area contributed by atoms with Gasteiger partial charge in [0, 0.05) is 13.1 Å². The Balaban J connectivity index is 1.73. The van der Waals surface area contributed by atoms with Gasteiger partial charge in [-0.05, 0) is 24.5 Å². The molecule has 1 heterocycles. The van der Waals surface area contributed by atoms with Crippen LogP contribution in [-0.4, -0.2) is 35.6 Å². The zero-order chi connectivity index (χ0) is 19.8. The number of oxazole rings is 1. The van der Waals surface area contributed by atoms with Gasteiger partial charge in [-0.2, -0.15) is 0 Å². The molecule has 27 heavy (non-hydrogen) atoms. The fraction of sp³-hybridized carbons (Fsp3) is 0.444. The van der Waals surface area contributed by atoms with Crippen LogP contribution in [0.1, 0.15) is 26.7 Å². The van der Waals surface area contributed by atoms with Crippen molar-refractivity contribution in [1.82, 2.24) is 15.2 Å². The maximum Gasteiger partial charge on any atom is 0.419 e. The lowest BCUT2D eigenvalue weighted by atomic mass is 10.1. The molecular weight excluding hydrogens is 354 g/mol. The smallest absolute Gasteiger partial charge is 0.419 e. The molecule has 0 bridgehead atoms. The molecule has 0 aliphatic heterocycles. The molecule has 2 rings (SSSR count). The number of urea groups is 1. The number of hydrogen-bond acceptors (Lipinski definition) is 6. The summed E-state index contributed by atoms with van der Waals surface area (Å²) in [5.41, 5.74) is 1.00. The van der Waals surface area contributed by atoms with Crippen LogP contribution in [0.25, 0.3) is 11.1 Å². The second-order valence-corrected chi connectivity index (χ2v) is 6.38. The Kier molecular flexibility index (Phi) is 7.16. The van der Waals surface area contributed by atoms with Gasteiger partial charge in [0.2, 0.25) is 0 Å². The van der Waals surface area contributed by atoms with E-state index in [0.29, 0.717) is 23.6 Å². The van der Waals surface area contributed by atoms with Crippen molar-refractivity contribution in [2.45, 2.75) is 33.2 Å². The van der Waals surface area contributed by atoms with Crippen molar-refractivity contribution in [3.8, 4) is 0 Å². The molecule has 0 saturated heterocycles. The third-order valence-corrected chi connectivity index (χ3v) is 3.74. The lowest BCUT2D eigenvalue weighted by Gasteiger charge is -2.08. The summed E-state index contributed by atoms with van der Waals surface area (Å²) in [5, 5.41) is 4.62. The number of hydrogen-bond donors (Lipinski definition) is 2. The number of carbonyl (C=O) groups excluding carboxylic acids is 3. The number of nitrogens with zero attached hydrogens (tertiary/aromatic N) is 1. The Hall–Kier alpha value is -3.10. The fourth-order valence-electron chi connectivity index (χ4n) is 2.33. The first kappa shape index (κ1) is 20.2. The van der Waals surface area contributed by atoms with Crippen LogP contribution in [0.15, 0.2) is 33.5 Å². The maximum absolute atomic E-state index is 11.8. The molecular formula is C18H23N3O6.